The predicted octanol–water partition coefficient (Wildman–Crippen LogP) is 1.86. The summed E-state index contributed by atoms with van der Waals surface area (Å²) in [4.78, 5) is 14.0. The van der Waals surface area contributed by atoms with Crippen molar-refractivity contribution in [2.75, 3.05) is 13.1 Å². The van der Waals surface area contributed by atoms with E-state index in [4.69, 9.17) is 5.73 Å². The van der Waals surface area contributed by atoms with Crippen LogP contribution in [0.4, 0.5) is 0 Å². The van der Waals surface area contributed by atoms with Crippen LogP contribution in [0.5, 0.6) is 0 Å². The zero-order chi connectivity index (χ0) is 12.3. The Kier molecular flexibility index (Phi) is 4.78. The van der Waals surface area contributed by atoms with Gasteiger partial charge in [0, 0.05) is 13.1 Å². The van der Waals surface area contributed by atoms with Gasteiger partial charge in [-0.3, -0.25) is 4.79 Å². The molecule has 0 bridgehead atoms. The molecule has 1 aliphatic rings. The lowest BCUT2D eigenvalue weighted by Crippen LogP contribution is -2.43. The van der Waals surface area contributed by atoms with E-state index in [0.717, 1.165) is 25.9 Å². The number of rotatable bonds is 4. The highest BCUT2D eigenvalue weighted by Gasteiger charge is 2.30. The number of hydrogen-bond acceptors (Lipinski definition) is 2. The maximum Gasteiger partial charge on any atom is 0.239 e. The van der Waals surface area contributed by atoms with Crippen LogP contribution in [-0.2, 0) is 4.79 Å². The standard InChI is InChI=1S/C13H26N2O/c1-9(2)7-12(14)13(16)15-6-5-11(8-15)10(3)4/h9-12H,5-8,14H2,1-4H3/t11?,12-/m1/s1. The van der Waals surface area contributed by atoms with Gasteiger partial charge in [0.1, 0.15) is 0 Å². The van der Waals surface area contributed by atoms with Crippen molar-refractivity contribution >= 4 is 5.91 Å². The molecule has 1 rings (SSSR count). The molecule has 0 aromatic rings. The highest BCUT2D eigenvalue weighted by molar-refractivity contribution is 5.81. The molecule has 1 aliphatic heterocycles. The minimum atomic E-state index is -0.300. The van der Waals surface area contributed by atoms with Crippen LogP contribution >= 0.6 is 0 Å². The van der Waals surface area contributed by atoms with Crippen molar-refractivity contribution in [3.8, 4) is 0 Å². The summed E-state index contributed by atoms with van der Waals surface area (Å²) in [7, 11) is 0. The van der Waals surface area contributed by atoms with Gasteiger partial charge in [-0.1, -0.05) is 27.7 Å². The van der Waals surface area contributed by atoms with Crippen LogP contribution in [0.25, 0.3) is 0 Å². The van der Waals surface area contributed by atoms with Crippen LogP contribution in [0, 0.1) is 17.8 Å². The van der Waals surface area contributed by atoms with Gasteiger partial charge in [0.25, 0.3) is 0 Å². The smallest absolute Gasteiger partial charge is 0.239 e. The zero-order valence-corrected chi connectivity index (χ0v) is 11.1. The van der Waals surface area contributed by atoms with Crippen molar-refractivity contribution in [3.05, 3.63) is 0 Å². The van der Waals surface area contributed by atoms with Crippen molar-refractivity contribution in [1.29, 1.82) is 0 Å². The van der Waals surface area contributed by atoms with Gasteiger partial charge in [0.15, 0.2) is 0 Å². The highest BCUT2D eigenvalue weighted by Crippen LogP contribution is 2.24. The third kappa shape index (κ3) is 3.48. The molecule has 2 N–H and O–H groups in total. The van der Waals surface area contributed by atoms with Crippen LogP contribution < -0.4 is 5.73 Å². The van der Waals surface area contributed by atoms with E-state index in [0.29, 0.717) is 17.8 Å². The summed E-state index contributed by atoms with van der Waals surface area (Å²) < 4.78 is 0. The van der Waals surface area contributed by atoms with Gasteiger partial charge in [-0.2, -0.15) is 0 Å². The number of hydrogen-bond donors (Lipinski definition) is 1. The Hall–Kier alpha value is -0.570. The lowest BCUT2D eigenvalue weighted by Gasteiger charge is -2.22. The highest BCUT2D eigenvalue weighted by atomic mass is 16.2. The van der Waals surface area contributed by atoms with Gasteiger partial charge >= 0.3 is 0 Å². The normalized spacial score (nSPS) is 23.2. The molecule has 0 aliphatic carbocycles. The first-order valence-electron chi connectivity index (χ1n) is 6.46. The summed E-state index contributed by atoms with van der Waals surface area (Å²) in [6.45, 7) is 10.5. The second kappa shape index (κ2) is 5.67. The fourth-order valence-corrected chi connectivity index (χ4v) is 2.37. The quantitative estimate of drug-likeness (QED) is 0.795. The molecule has 0 aromatic heterocycles. The molecule has 16 heavy (non-hydrogen) atoms. The van der Waals surface area contributed by atoms with Gasteiger partial charge in [0.2, 0.25) is 5.91 Å². The molecule has 3 heteroatoms. The van der Waals surface area contributed by atoms with Crippen LogP contribution in [-0.4, -0.2) is 29.9 Å². The van der Waals surface area contributed by atoms with Gasteiger partial charge in [-0.15, -0.1) is 0 Å². The SMILES string of the molecule is CC(C)C[C@@H](N)C(=O)N1CCC(C(C)C)C1. The first-order chi connectivity index (χ1) is 7.41. The Labute approximate surface area is 99.4 Å². The summed E-state index contributed by atoms with van der Waals surface area (Å²) in [6, 6.07) is -0.300. The Morgan fingerprint density at radius 1 is 1.38 bits per heavy atom. The molecule has 0 aromatic carbocycles. The third-order valence-corrected chi connectivity index (χ3v) is 3.52. The van der Waals surface area contributed by atoms with Crippen molar-refractivity contribution in [3.63, 3.8) is 0 Å². The topological polar surface area (TPSA) is 46.3 Å². The molecule has 1 heterocycles. The molecular weight excluding hydrogens is 200 g/mol. The minimum absolute atomic E-state index is 0.150. The maximum atomic E-state index is 12.0. The Bertz CT molecular complexity index is 238. The summed E-state index contributed by atoms with van der Waals surface area (Å²) in [5, 5.41) is 0. The van der Waals surface area contributed by atoms with Crippen molar-refractivity contribution in [2.24, 2.45) is 23.5 Å². The molecule has 0 spiro atoms. The Balaban J connectivity index is 2.44. The van der Waals surface area contributed by atoms with E-state index in [1.807, 2.05) is 4.90 Å². The summed E-state index contributed by atoms with van der Waals surface area (Å²) >= 11 is 0. The number of carbonyl (C=O) groups excluding carboxylic acids is 1. The molecule has 1 saturated heterocycles. The number of nitrogens with zero attached hydrogens (tertiary/aromatic N) is 1. The average molecular weight is 226 g/mol. The largest absolute Gasteiger partial charge is 0.341 e. The van der Waals surface area contributed by atoms with Crippen molar-refractivity contribution in [1.82, 2.24) is 4.90 Å². The van der Waals surface area contributed by atoms with Gasteiger partial charge in [0.05, 0.1) is 6.04 Å². The van der Waals surface area contributed by atoms with E-state index in [9.17, 15) is 4.79 Å². The third-order valence-electron chi connectivity index (χ3n) is 3.52. The lowest BCUT2D eigenvalue weighted by molar-refractivity contribution is -0.132. The fourth-order valence-electron chi connectivity index (χ4n) is 2.37. The van der Waals surface area contributed by atoms with E-state index in [-0.39, 0.29) is 11.9 Å². The molecular formula is C13H26N2O. The molecule has 94 valence electrons. The first-order valence-corrected chi connectivity index (χ1v) is 6.46. The van der Waals surface area contributed by atoms with E-state index >= 15 is 0 Å². The van der Waals surface area contributed by atoms with Crippen LogP contribution in [0.1, 0.15) is 40.5 Å². The van der Waals surface area contributed by atoms with E-state index in [1.54, 1.807) is 0 Å². The van der Waals surface area contributed by atoms with Crippen molar-refractivity contribution < 1.29 is 4.79 Å². The van der Waals surface area contributed by atoms with Gasteiger partial charge < -0.3 is 10.6 Å². The maximum absolute atomic E-state index is 12.0. The molecule has 2 atom stereocenters. The van der Waals surface area contributed by atoms with E-state index in [1.165, 1.54) is 0 Å². The number of nitrogens with two attached hydrogens (primary N) is 1. The number of likely N-dealkylation sites (tertiary alicyclic amines) is 1. The number of amides is 1. The zero-order valence-electron chi connectivity index (χ0n) is 11.1. The Morgan fingerprint density at radius 2 is 2.00 bits per heavy atom. The molecule has 1 amide bonds. The summed E-state index contributed by atoms with van der Waals surface area (Å²) in [5.41, 5.74) is 5.93. The second-order valence-electron chi connectivity index (χ2n) is 5.81. The van der Waals surface area contributed by atoms with Gasteiger partial charge in [-0.25, -0.2) is 0 Å². The lowest BCUT2D eigenvalue weighted by atomic mass is 9.95. The number of carbonyl (C=O) groups is 1. The van der Waals surface area contributed by atoms with Crippen LogP contribution in [0.15, 0.2) is 0 Å². The van der Waals surface area contributed by atoms with Crippen LogP contribution in [0.3, 0.4) is 0 Å². The summed E-state index contributed by atoms with van der Waals surface area (Å²) in [6.07, 6.45) is 1.93. The van der Waals surface area contributed by atoms with E-state index < -0.39 is 0 Å². The molecule has 3 nitrogen and oxygen atoms in total. The minimum Gasteiger partial charge on any atom is -0.341 e. The van der Waals surface area contributed by atoms with Crippen LogP contribution in [0.2, 0.25) is 0 Å². The molecule has 1 fully saturated rings. The van der Waals surface area contributed by atoms with Crippen molar-refractivity contribution in [2.45, 2.75) is 46.6 Å². The fraction of sp³-hybridized carbons (Fsp3) is 0.923. The average Bonchev–Trinajstić information content (AvgIpc) is 2.64. The predicted molar refractivity (Wildman–Crippen MR) is 67.0 cm³/mol. The van der Waals surface area contributed by atoms with E-state index in [2.05, 4.69) is 27.7 Å². The molecule has 1 unspecified atom stereocenters. The monoisotopic (exact) mass is 226 g/mol. The summed E-state index contributed by atoms with van der Waals surface area (Å²) in [5.74, 6) is 1.97. The second-order valence-corrected chi connectivity index (χ2v) is 5.81. The Morgan fingerprint density at radius 3 is 2.44 bits per heavy atom. The molecule has 0 saturated carbocycles. The molecule has 0 radical (unpaired) electrons. The van der Waals surface area contributed by atoms with Gasteiger partial charge in [-0.05, 0) is 30.6 Å². The first kappa shape index (κ1) is 13.5.